The summed E-state index contributed by atoms with van der Waals surface area (Å²) in [5, 5.41) is 27.1. The van der Waals surface area contributed by atoms with Crippen molar-refractivity contribution in [2.45, 2.75) is 48.0 Å². The summed E-state index contributed by atoms with van der Waals surface area (Å²) in [5.41, 5.74) is -1.40. The number of hydrogen-bond acceptors (Lipinski definition) is 8. The summed E-state index contributed by atoms with van der Waals surface area (Å²) in [6.07, 6.45) is 2.45. The molecule has 0 aromatic heterocycles. The maximum atomic E-state index is 13.9. The molecule has 3 aromatic rings. The number of halogens is 4. The van der Waals surface area contributed by atoms with Gasteiger partial charge in [-0.25, -0.2) is 21.6 Å². The van der Waals surface area contributed by atoms with E-state index in [1.165, 1.54) is 42.6 Å². The Labute approximate surface area is 254 Å². The summed E-state index contributed by atoms with van der Waals surface area (Å²) in [6.45, 7) is 0.00188. The van der Waals surface area contributed by atoms with E-state index in [4.69, 9.17) is 16.4 Å². The fraction of sp³-hybridized carbons (Fsp3) is 0.310. The van der Waals surface area contributed by atoms with Crippen LogP contribution in [-0.2, 0) is 21.3 Å². The summed E-state index contributed by atoms with van der Waals surface area (Å²) >= 11 is 6.28. The molecule has 4 atom stereocenters. The van der Waals surface area contributed by atoms with Gasteiger partial charge in [0, 0.05) is 35.5 Å². The number of hydrogen-bond donors (Lipinski definition) is 2. The molecule has 2 saturated carbocycles. The lowest BCUT2D eigenvalue weighted by Crippen LogP contribution is -2.47. The largest absolute Gasteiger partial charge is 0.391 e. The maximum absolute atomic E-state index is 13.9. The normalized spacial score (nSPS) is 23.1. The third-order valence-corrected chi connectivity index (χ3v) is 10.8. The number of nitrogens with zero attached hydrogens (tertiary/aromatic N) is 2. The number of anilines is 1. The first kappa shape index (κ1) is 31.4. The Balaban J connectivity index is 1.28. The smallest absolute Gasteiger partial charge is 0.269 e. The van der Waals surface area contributed by atoms with Crippen molar-refractivity contribution in [2.75, 3.05) is 5.32 Å². The molecule has 2 aliphatic carbocycles. The zero-order chi connectivity index (χ0) is 31.8. The van der Waals surface area contributed by atoms with Crippen molar-refractivity contribution in [1.29, 1.82) is 0 Å². The zero-order valence-corrected chi connectivity index (χ0v) is 24.3. The number of aliphatic hydroxyl groups is 1. The second-order valence-corrected chi connectivity index (χ2v) is 13.4. The molecule has 2 bridgehead atoms. The van der Waals surface area contributed by atoms with Crippen molar-refractivity contribution < 1.29 is 41.3 Å². The molecule has 0 aliphatic heterocycles. The number of fused-ring (bicyclic) bond motifs is 2. The monoisotopic (exact) mass is 651 g/mol. The van der Waals surface area contributed by atoms with E-state index in [1.807, 2.05) is 0 Å². The molecule has 2 N–H and O–H groups in total. The fourth-order valence-electron chi connectivity index (χ4n) is 5.98. The summed E-state index contributed by atoms with van der Waals surface area (Å²) in [4.78, 5) is 28.0. The first-order valence-corrected chi connectivity index (χ1v) is 15.3. The Morgan fingerprint density at radius 2 is 1.70 bits per heavy atom. The lowest BCUT2D eigenvalue weighted by atomic mass is 9.78. The average molecular weight is 652 g/mol. The van der Waals surface area contributed by atoms with Gasteiger partial charge in [0.15, 0.2) is 27.3 Å². The number of nitro benzene ring substituents is 1. The van der Waals surface area contributed by atoms with Crippen LogP contribution in [0.5, 0.6) is 0 Å². The van der Waals surface area contributed by atoms with Crippen LogP contribution in [0.4, 0.5) is 24.5 Å². The number of nitro groups is 1. The first-order chi connectivity index (χ1) is 20.8. The molecule has 5 rings (SSSR count). The van der Waals surface area contributed by atoms with E-state index < -0.39 is 60.8 Å². The standard InChI is InChI=1S/C29H25ClF3N3O7S/c30-22-8-5-17(28(37)35-20-10-23(31)26(33)24(32)11-20)9-25(22)44(41,42)27-18-3-4-19(27)13-29(38,12-18)15-34-43-14-16-1-6-21(7-2-16)36(39)40/h1-2,5-11,15,18-19,27,38H,3-4,12-14H2,(H,35,37)/b34-15+/t18-,19?,27+,29+/m0/s1. The molecule has 3 aromatic carbocycles. The van der Waals surface area contributed by atoms with Gasteiger partial charge in [-0.2, -0.15) is 0 Å². The Morgan fingerprint density at radius 3 is 2.30 bits per heavy atom. The SMILES string of the molecule is O=C(Nc1cc(F)c(F)c(F)c1)c1ccc(Cl)c(S(=O)(=O)[C@H]2C3CC[C@H]2C[C@](O)(/C=N/OCc2ccc([N+](=O)[O-])cc2)C3)c1. The topological polar surface area (TPSA) is 148 Å². The van der Waals surface area contributed by atoms with Gasteiger partial charge < -0.3 is 15.3 Å². The summed E-state index contributed by atoms with van der Waals surface area (Å²) in [7, 11) is -4.11. The first-order valence-electron chi connectivity index (χ1n) is 13.4. The Bertz CT molecular complexity index is 1720. The highest BCUT2D eigenvalue weighted by atomic mass is 35.5. The molecule has 0 spiro atoms. The second kappa shape index (κ2) is 12.2. The van der Waals surface area contributed by atoms with Gasteiger partial charge in [-0.05, 0) is 73.4 Å². The predicted octanol–water partition coefficient (Wildman–Crippen LogP) is 5.81. The highest BCUT2D eigenvalue weighted by molar-refractivity contribution is 7.92. The number of rotatable bonds is 9. The van der Waals surface area contributed by atoms with Gasteiger partial charge >= 0.3 is 0 Å². The molecular formula is C29H25ClF3N3O7S. The average Bonchev–Trinajstić information content (AvgIpc) is 3.27. The second-order valence-electron chi connectivity index (χ2n) is 10.9. The molecule has 0 heterocycles. The highest BCUT2D eigenvalue weighted by Crippen LogP contribution is 2.51. The van der Waals surface area contributed by atoms with Crippen molar-refractivity contribution in [3.05, 3.63) is 98.3 Å². The Morgan fingerprint density at radius 1 is 1.09 bits per heavy atom. The van der Waals surface area contributed by atoms with E-state index in [0.717, 1.165) is 6.07 Å². The van der Waals surface area contributed by atoms with Gasteiger partial charge in [0.1, 0.15) is 12.2 Å². The van der Waals surface area contributed by atoms with Crippen LogP contribution in [0.25, 0.3) is 0 Å². The minimum absolute atomic E-state index is 0.00188. The summed E-state index contributed by atoms with van der Waals surface area (Å²) in [6, 6.07) is 10.4. The van der Waals surface area contributed by atoms with E-state index in [2.05, 4.69) is 10.5 Å². The lowest BCUT2D eigenvalue weighted by molar-refractivity contribution is -0.384. The van der Waals surface area contributed by atoms with E-state index >= 15 is 0 Å². The van der Waals surface area contributed by atoms with Crippen LogP contribution in [0.3, 0.4) is 0 Å². The molecule has 232 valence electrons. The van der Waals surface area contributed by atoms with Gasteiger partial charge in [-0.3, -0.25) is 14.9 Å². The number of nitrogens with one attached hydrogen (secondary N) is 1. The lowest BCUT2D eigenvalue weighted by Gasteiger charge is -2.38. The molecule has 2 fully saturated rings. The Kier molecular flexibility index (Phi) is 8.69. The molecule has 2 aliphatic rings. The van der Waals surface area contributed by atoms with E-state index in [-0.39, 0.29) is 46.3 Å². The third kappa shape index (κ3) is 6.42. The van der Waals surface area contributed by atoms with Crippen LogP contribution in [0.15, 0.2) is 64.6 Å². The van der Waals surface area contributed by atoms with Crippen LogP contribution >= 0.6 is 11.6 Å². The van der Waals surface area contributed by atoms with Gasteiger partial charge in [0.25, 0.3) is 11.6 Å². The fourth-order valence-corrected chi connectivity index (χ4v) is 8.83. The molecular weight excluding hydrogens is 627 g/mol. The van der Waals surface area contributed by atoms with Crippen LogP contribution in [-0.4, -0.2) is 41.4 Å². The molecule has 1 unspecified atom stereocenters. The molecule has 15 heteroatoms. The molecule has 1 amide bonds. The minimum atomic E-state index is -4.11. The minimum Gasteiger partial charge on any atom is -0.391 e. The number of sulfone groups is 1. The van der Waals surface area contributed by atoms with E-state index in [0.29, 0.717) is 30.5 Å². The third-order valence-electron chi connectivity index (χ3n) is 7.91. The number of non-ortho nitro benzene ring substituents is 1. The van der Waals surface area contributed by atoms with Gasteiger partial charge in [-0.1, -0.05) is 16.8 Å². The number of carbonyl (C=O) groups is 1. The van der Waals surface area contributed by atoms with Crippen molar-refractivity contribution in [1.82, 2.24) is 0 Å². The van der Waals surface area contributed by atoms with Crippen LogP contribution in [0.2, 0.25) is 5.02 Å². The van der Waals surface area contributed by atoms with E-state index in [9.17, 15) is 41.6 Å². The van der Waals surface area contributed by atoms with Gasteiger partial charge in [-0.15, -0.1) is 0 Å². The molecule has 44 heavy (non-hydrogen) atoms. The highest BCUT2D eigenvalue weighted by Gasteiger charge is 2.54. The Hall–Kier alpha value is -4.01. The maximum Gasteiger partial charge on any atom is 0.269 e. The van der Waals surface area contributed by atoms with E-state index in [1.54, 1.807) is 0 Å². The number of benzene rings is 3. The van der Waals surface area contributed by atoms with Crippen molar-refractivity contribution in [2.24, 2.45) is 17.0 Å². The van der Waals surface area contributed by atoms with Gasteiger partial charge in [0.2, 0.25) is 0 Å². The summed E-state index contributed by atoms with van der Waals surface area (Å²) < 4.78 is 68.2. The number of amides is 1. The number of oxime groups is 1. The molecule has 10 nitrogen and oxygen atoms in total. The molecule has 0 saturated heterocycles. The summed E-state index contributed by atoms with van der Waals surface area (Å²) in [5.74, 6) is -6.51. The predicted molar refractivity (Wildman–Crippen MR) is 153 cm³/mol. The van der Waals surface area contributed by atoms with Crippen molar-refractivity contribution in [3.63, 3.8) is 0 Å². The van der Waals surface area contributed by atoms with Crippen LogP contribution in [0, 0.1) is 39.4 Å². The van der Waals surface area contributed by atoms with Gasteiger partial charge in [0.05, 0.1) is 26.3 Å². The van der Waals surface area contributed by atoms with Crippen LogP contribution in [0.1, 0.15) is 41.6 Å². The van der Waals surface area contributed by atoms with Crippen molar-refractivity contribution >= 4 is 44.9 Å². The van der Waals surface area contributed by atoms with Crippen LogP contribution < -0.4 is 5.32 Å². The number of carbonyl (C=O) groups excluding carboxylic acids is 1. The molecule has 0 radical (unpaired) electrons. The zero-order valence-electron chi connectivity index (χ0n) is 22.8. The van der Waals surface area contributed by atoms with Crippen molar-refractivity contribution in [3.8, 4) is 0 Å². The quantitative estimate of drug-likeness (QED) is 0.128.